The molecule has 19 rings (SSSR count). The topological polar surface area (TPSA) is 893 Å². The minimum atomic E-state index is -5.73. The fourth-order valence-corrected chi connectivity index (χ4v) is 22.4. The molecule has 142 heavy (non-hydrogen) atoms. The summed E-state index contributed by atoms with van der Waals surface area (Å²) in [6, 6.07) is 14.8. The lowest BCUT2D eigenvalue weighted by atomic mass is 10.1. The molecule has 22 N–H and O–H groups in total. The van der Waals surface area contributed by atoms with E-state index in [4.69, 9.17) is 111 Å². The van der Waals surface area contributed by atoms with Crippen LogP contribution in [0, 0.1) is 6.92 Å². The van der Waals surface area contributed by atoms with Gasteiger partial charge >= 0.3 is 52.6 Å². The number of aryl methyl sites for hydroxylation is 1. The molecule has 2 aromatic carbocycles. The lowest BCUT2D eigenvalue weighted by Gasteiger charge is -2.26. The Kier molecular flexibility index (Phi) is 27.3. The second-order valence-corrected chi connectivity index (χ2v) is 41.1. The number of ether oxygens (including phenoxy) is 6. The van der Waals surface area contributed by atoms with Gasteiger partial charge in [0.2, 0.25) is 23.8 Å². The maximum absolute atomic E-state index is 14.8. The van der Waals surface area contributed by atoms with Crippen LogP contribution in [0.3, 0.4) is 0 Å². The van der Waals surface area contributed by atoms with E-state index >= 15 is 0 Å². The lowest BCUT2D eigenvalue weighted by Crippen LogP contribution is -2.33. The number of hydrogen-bond donors (Lipinski definition) is 17. The molecule has 0 radical (unpaired) electrons. The third kappa shape index (κ3) is 21.3. The molecule has 6 aliphatic heterocycles. The lowest BCUT2D eigenvalue weighted by molar-refractivity contribution is -0.0638. The normalized spacial score (nSPS) is 27.4. The number of aromatic amines is 5. The second-order valence-electron chi connectivity index (χ2n) is 32.7. The standard InChI is InChI=1S/C72H83N27O37P6/c1-30-17-94(72(106)93-63(30)101)47-12-35(41(126-47)19-120-137(107,108)131-34-10-6-5-9-32(34)31-7-3-2-4-8-31)132-139(111,112)122-21-43-37(14-49(128-43)97-27-82-54-60(97)86-69(75)90-65(54)103)135-141(115,116)124-23-45-39(16-51(130-45)99-29-84-56-62(99)88-71(77)92-67(56)105)136-142(117,118)123-22-44-38(15-50(129-44)98-28-83-55-61(98)87-70(76)91-66(55)104)134-140(113,114)121-20-42-36(13-48(127-42)95-25-80-52-57(73)78-24-79-58(52)95)133-138(109,110)119-18-40-33(100)11-46(125-40)96-26-81-53-59(96)85-68(74)89-64(53)102/h2-10,17,24-29,33,35-51,100H,11-16,18-23H2,1H3,(H,107,108)(H,109,110)(H,111,112)(H,113,114)(H,115,116)(H,117,118)(H2,73,78,79)(H,93,101,106)(H3,74,85,89,102)(H3,75,86,90,103)(H3,76,87,91,104)(H3,77,88,92,105)/t33-,35-,36-,37-,38-,39-,40+,41+,42+,43+,44+,45+,46+,47+,48+,49+,50+,51+/m0/s1. The molecule has 13 aromatic rings. The Morgan fingerprint density at radius 1 is 0.359 bits per heavy atom. The van der Waals surface area contributed by atoms with Crippen LogP contribution < -0.4 is 66.7 Å². The van der Waals surface area contributed by atoms with Crippen LogP contribution in [0.5, 0.6) is 5.75 Å². The number of nitrogens with one attached hydrogen (secondary N) is 5. The Morgan fingerprint density at radius 2 is 0.662 bits per heavy atom. The van der Waals surface area contributed by atoms with Crippen LogP contribution in [0.4, 0.5) is 29.6 Å². The van der Waals surface area contributed by atoms with Crippen LogP contribution in [0.25, 0.3) is 66.9 Å². The molecular formula is C72H83N27O37P6. The zero-order chi connectivity index (χ0) is 100. The van der Waals surface area contributed by atoms with Crippen molar-refractivity contribution in [2.75, 3.05) is 68.3 Å². The molecule has 0 amide bonds. The number of aromatic nitrogens is 22. The fraction of sp³-hybridized carbons (Fsp3) is 0.431. The molecule has 11 aromatic heterocycles. The maximum Gasteiger partial charge on any atom is 0.527 e. The van der Waals surface area contributed by atoms with Crippen molar-refractivity contribution in [3.8, 4) is 16.9 Å². The van der Waals surface area contributed by atoms with Gasteiger partial charge in [-0.15, -0.1) is 0 Å². The number of phosphoric acid groups is 6. The van der Waals surface area contributed by atoms with E-state index in [1.165, 1.54) is 40.8 Å². The SMILES string of the molecule is Cc1cn([C@H]2C[C@H](OP(=O)(O)OC[C@H]3O[C@@H](n4cnc5c(=O)[nH]c(N)nc54)C[C@@H]3OP(=O)(O)OC[C@H]3O[C@@H](n4cnc5c(=O)[nH]c(N)nc54)C[C@@H]3OP(=O)(O)OC[C@H]3O[C@@H](n4cnc5c(=O)[nH]c(N)nc54)C[C@@H]3OP(=O)(O)OC[C@H]3O[C@@H](n4cnc5c(N)ncnc54)C[C@@H]3OP(=O)(O)OC[C@H]3O[C@@H](n4cnc5c(=O)[nH]c(N)nc54)C[C@@H]3O)[C@@H](COP(=O)(O)Oc3ccccc3-c3ccccc3)O2)c(=O)[nH]c1=O. The van der Waals surface area contributed by atoms with Crippen molar-refractivity contribution >= 4 is 132 Å². The summed E-state index contributed by atoms with van der Waals surface area (Å²) in [6.07, 6.45) is -23.3. The largest absolute Gasteiger partial charge is 0.527 e. The molecule has 758 valence electrons. The van der Waals surface area contributed by atoms with Gasteiger partial charge < -0.3 is 91.2 Å². The van der Waals surface area contributed by atoms with E-state index in [0.717, 1.165) is 49.8 Å². The molecular weight excluding hydrogens is 2020 g/mol. The molecule has 6 saturated heterocycles. The molecule has 24 atom stereocenters. The van der Waals surface area contributed by atoms with Crippen molar-refractivity contribution in [1.82, 2.24) is 107 Å². The molecule has 0 bridgehead atoms. The van der Waals surface area contributed by atoms with Crippen LogP contribution in [-0.4, -0.2) is 255 Å². The molecule has 17 heterocycles. The molecule has 64 nitrogen and oxygen atoms in total. The highest BCUT2D eigenvalue weighted by Crippen LogP contribution is 2.58. The Morgan fingerprint density at radius 3 is 1.03 bits per heavy atom. The molecule has 6 unspecified atom stereocenters. The number of aliphatic hydroxyl groups is 1. The third-order valence-corrected chi connectivity index (χ3v) is 29.2. The first-order chi connectivity index (χ1) is 67.5. The van der Waals surface area contributed by atoms with Gasteiger partial charge in [0.25, 0.3) is 27.8 Å². The van der Waals surface area contributed by atoms with E-state index in [1.54, 1.807) is 42.5 Å². The van der Waals surface area contributed by atoms with E-state index in [0.29, 0.717) is 11.1 Å². The van der Waals surface area contributed by atoms with Gasteiger partial charge in [-0.2, -0.15) is 19.9 Å². The van der Waals surface area contributed by atoms with Crippen LogP contribution in [0.2, 0.25) is 0 Å². The number of phosphoric ester groups is 6. The van der Waals surface area contributed by atoms with Gasteiger partial charge in [0, 0.05) is 55.8 Å². The summed E-state index contributed by atoms with van der Waals surface area (Å²) >= 11 is 0. The Hall–Kier alpha value is -11.7. The van der Waals surface area contributed by atoms with E-state index < -0.39 is 274 Å². The van der Waals surface area contributed by atoms with E-state index in [1.807, 2.05) is 0 Å². The third-order valence-electron chi connectivity index (χ3n) is 23.2. The smallest absolute Gasteiger partial charge is 0.403 e. The first kappa shape index (κ1) is 99.0. The summed E-state index contributed by atoms with van der Waals surface area (Å²) in [6.45, 7) is -4.90. The molecule has 6 fully saturated rings. The number of benzene rings is 2. The number of nitrogens with zero attached hydrogens (tertiary/aromatic N) is 17. The van der Waals surface area contributed by atoms with Crippen LogP contribution >= 0.6 is 46.9 Å². The number of anilines is 5. The number of nitrogen functional groups attached to an aromatic ring is 5. The van der Waals surface area contributed by atoms with Crippen molar-refractivity contribution in [3.63, 3.8) is 0 Å². The van der Waals surface area contributed by atoms with Crippen molar-refractivity contribution in [1.29, 1.82) is 0 Å². The van der Waals surface area contributed by atoms with Gasteiger partial charge in [-0.25, -0.2) is 67.1 Å². The van der Waals surface area contributed by atoms with E-state index in [-0.39, 0.29) is 91.7 Å². The minimum Gasteiger partial charge on any atom is -0.403 e. The number of nitrogens with two attached hydrogens (primary N) is 5. The predicted molar refractivity (Wildman–Crippen MR) is 475 cm³/mol. The van der Waals surface area contributed by atoms with Gasteiger partial charge in [-0.1, -0.05) is 48.5 Å². The molecule has 70 heteroatoms. The Labute approximate surface area is 788 Å². The summed E-state index contributed by atoms with van der Waals surface area (Å²) in [5.74, 6) is -1.64. The first-order valence-corrected chi connectivity index (χ1v) is 51.3. The molecule has 6 aliphatic rings. The summed E-state index contributed by atoms with van der Waals surface area (Å²) in [7, 11) is -33.2. The van der Waals surface area contributed by atoms with Gasteiger partial charge in [-0.05, 0) is 18.6 Å². The summed E-state index contributed by atoms with van der Waals surface area (Å²) in [4.78, 5) is 204. The number of imidazole rings is 5. The number of para-hydroxylation sites is 1. The van der Waals surface area contributed by atoms with Crippen molar-refractivity contribution in [2.45, 2.75) is 156 Å². The van der Waals surface area contributed by atoms with Gasteiger partial charge in [0.1, 0.15) is 122 Å². The fourth-order valence-electron chi connectivity index (χ4n) is 16.8. The Bertz CT molecular complexity index is 7710. The van der Waals surface area contributed by atoms with Crippen LogP contribution in [0.1, 0.15) is 81.5 Å². The zero-order valence-corrected chi connectivity index (χ0v) is 78.0. The predicted octanol–water partition coefficient (Wildman–Crippen LogP) is 0.589. The maximum atomic E-state index is 14.8. The van der Waals surface area contributed by atoms with Crippen LogP contribution in [-0.2, 0) is 106 Å². The monoisotopic (exact) mass is 2100 g/mol. The van der Waals surface area contributed by atoms with Crippen molar-refractivity contribution < 1.29 is 145 Å². The molecule has 0 aliphatic carbocycles. The summed E-state index contributed by atoms with van der Waals surface area (Å²) in [5.41, 5.74) is 24.3. The molecule has 0 spiro atoms. The summed E-state index contributed by atoms with van der Waals surface area (Å²) < 4.78 is 198. The van der Waals surface area contributed by atoms with E-state index in [2.05, 4.69) is 79.7 Å². The minimum absolute atomic E-state index is 0.00463. The van der Waals surface area contributed by atoms with Gasteiger partial charge in [0.15, 0.2) is 56.1 Å². The van der Waals surface area contributed by atoms with Crippen molar-refractivity contribution in [3.05, 3.63) is 167 Å². The average molecular weight is 2100 g/mol. The van der Waals surface area contributed by atoms with Crippen LogP contribution in [0.15, 0.2) is 128 Å². The quantitative estimate of drug-likeness (QED) is 0.0237. The summed E-state index contributed by atoms with van der Waals surface area (Å²) in [5, 5.41) is 11.1. The number of aliphatic hydroxyl groups excluding tert-OH is 1. The second kappa shape index (κ2) is 39.1. The zero-order valence-electron chi connectivity index (χ0n) is 72.7. The number of fused-ring (bicyclic) bond motifs is 5. The highest BCUT2D eigenvalue weighted by molar-refractivity contribution is 7.48. The van der Waals surface area contributed by atoms with Gasteiger partial charge in [0.05, 0.1) is 77.4 Å². The highest BCUT2D eigenvalue weighted by Gasteiger charge is 2.53. The number of hydrogen-bond acceptors (Lipinski definition) is 47. The average Bonchev–Trinajstić information content (AvgIpc) is 1.63. The number of rotatable bonds is 37. The van der Waals surface area contributed by atoms with Gasteiger partial charge in [-0.3, -0.25) is 131 Å². The van der Waals surface area contributed by atoms with Crippen molar-refractivity contribution in [2.24, 2.45) is 0 Å². The first-order valence-electron chi connectivity index (χ1n) is 42.3. The molecule has 0 saturated carbocycles. The van der Waals surface area contributed by atoms with E-state index in [9.17, 15) is 90.6 Å². The Balaban J connectivity index is 0.551. The number of H-pyrrole nitrogens is 5. The highest BCUT2D eigenvalue weighted by atomic mass is 31.2.